The van der Waals surface area contributed by atoms with Gasteiger partial charge in [-0.2, -0.15) is 0 Å². The molecular weight excluding hydrogens is 416 g/mol. The van der Waals surface area contributed by atoms with E-state index in [0.717, 1.165) is 5.56 Å². The van der Waals surface area contributed by atoms with Crippen LogP contribution in [0.15, 0.2) is 64.6 Å². The van der Waals surface area contributed by atoms with E-state index in [2.05, 4.69) is 26.2 Å². The lowest BCUT2D eigenvalue weighted by Gasteiger charge is -2.18. The van der Waals surface area contributed by atoms with Crippen molar-refractivity contribution in [3.05, 3.63) is 81.3 Å². The quantitative estimate of drug-likeness (QED) is 0.600. The van der Waals surface area contributed by atoms with Crippen LogP contribution in [-0.2, 0) is 11.2 Å². The molecule has 0 aliphatic rings. The van der Waals surface area contributed by atoms with Crippen LogP contribution in [0.1, 0.15) is 27.4 Å². The van der Waals surface area contributed by atoms with Crippen LogP contribution in [0.4, 0.5) is 5.13 Å². The Labute approximate surface area is 162 Å². The van der Waals surface area contributed by atoms with E-state index in [4.69, 9.17) is 0 Å². The summed E-state index contributed by atoms with van der Waals surface area (Å²) < 4.78 is 0.683. The first kappa shape index (κ1) is 18.3. The molecule has 1 aromatic heterocycles. The van der Waals surface area contributed by atoms with Gasteiger partial charge in [-0.05, 0) is 29.7 Å². The average Bonchev–Trinajstić information content (AvgIpc) is 3.14. The van der Waals surface area contributed by atoms with E-state index in [0.29, 0.717) is 15.2 Å². The molecule has 3 rings (SSSR count). The van der Waals surface area contributed by atoms with Crippen molar-refractivity contribution < 1.29 is 14.7 Å². The van der Waals surface area contributed by atoms with Gasteiger partial charge in [-0.3, -0.25) is 4.79 Å². The Hall–Kier alpha value is -2.51. The predicted octanol–water partition coefficient (Wildman–Crippen LogP) is 4.57. The second-order valence-corrected chi connectivity index (χ2v) is 7.41. The molecule has 2 aromatic carbocycles. The third-order valence-electron chi connectivity index (χ3n) is 3.91. The van der Waals surface area contributed by atoms with Crippen molar-refractivity contribution in [3.8, 4) is 0 Å². The topological polar surface area (TPSA) is 79.3 Å². The first-order valence-corrected chi connectivity index (χ1v) is 9.49. The molecule has 3 aromatic rings. The van der Waals surface area contributed by atoms with Crippen molar-refractivity contribution >= 4 is 44.3 Å². The lowest BCUT2D eigenvalue weighted by atomic mass is 9.89. The Bertz CT molecular complexity index is 914. The minimum absolute atomic E-state index is 0.183. The normalized spacial score (nSPS) is 11.7. The predicted molar refractivity (Wildman–Crippen MR) is 105 cm³/mol. The van der Waals surface area contributed by atoms with Crippen LogP contribution < -0.4 is 5.32 Å². The van der Waals surface area contributed by atoms with Gasteiger partial charge in [0.15, 0.2) is 5.13 Å². The number of thiazole rings is 1. The number of amides is 1. The van der Waals surface area contributed by atoms with Gasteiger partial charge in [0.2, 0.25) is 5.91 Å². The molecule has 0 saturated carbocycles. The molecule has 132 valence electrons. The Morgan fingerprint density at radius 3 is 2.62 bits per heavy atom. The van der Waals surface area contributed by atoms with E-state index in [1.54, 1.807) is 29.8 Å². The number of carbonyl (C=O) groups excluding carboxylic acids is 1. The van der Waals surface area contributed by atoms with Gasteiger partial charge in [0.1, 0.15) is 0 Å². The van der Waals surface area contributed by atoms with Crippen LogP contribution in [0.25, 0.3) is 0 Å². The molecule has 1 atom stereocenters. The summed E-state index contributed by atoms with van der Waals surface area (Å²) in [7, 11) is 0. The molecule has 1 heterocycles. The number of aromatic nitrogens is 1. The first-order chi connectivity index (χ1) is 12.5. The second-order valence-electron chi connectivity index (χ2n) is 5.60. The van der Waals surface area contributed by atoms with Crippen LogP contribution in [-0.4, -0.2) is 22.0 Å². The Morgan fingerprint density at radius 2 is 1.96 bits per heavy atom. The van der Waals surface area contributed by atoms with Crippen molar-refractivity contribution in [1.29, 1.82) is 0 Å². The highest BCUT2D eigenvalue weighted by Gasteiger charge is 2.24. The smallest absolute Gasteiger partial charge is 0.336 e. The van der Waals surface area contributed by atoms with Crippen LogP contribution in [0.3, 0.4) is 0 Å². The number of hydrogen-bond donors (Lipinski definition) is 2. The fraction of sp³-hybridized carbons (Fsp3) is 0.105. The molecule has 0 aliphatic heterocycles. The van der Waals surface area contributed by atoms with Crippen molar-refractivity contribution in [2.24, 2.45) is 0 Å². The van der Waals surface area contributed by atoms with Crippen molar-refractivity contribution in [2.75, 3.05) is 5.32 Å². The summed E-state index contributed by atoms with van der Waals surface area (Å²) >= 11 is 4.63. The molecule has 0 bridgehead atoms. The van der Waals surface area contributed by atoms with Gasteiger partial charge in [-0.15, -0.1) is 11.3 Å². The SMILES string of the molecule is O=C(O)c1cc(Br)ccc1CC(C(=O)Nc1nccs1)c1ccccc1. The fourth-order valence-electron chi connectivity index (χ4n) is 2.67. The van der Waals surface area contributed by atoms with E-state index >= 15 is 0 Å². The maximum Gasteiger partial charge on any atom is 0.336 e. The largest absolute Gasteiger partial charge is 0.478 e. The van der Waals surface area contributed by atoms with E-state index in [-0.39, 0.29) is 17.9 Å². The Kier molecular flexibility index (Phi) is 5.80. The van der Waals surface area contributed by atoms with Gasteiger partial charge < -0.3 is 10.4 Å². The monoisotopic (exact) mass is 430 g/mol. The third-order valence-corrected chi connectivity index (χ3v) is 5.09. The molecule has 0 saturated heterocycles. The molecule has 5 nitrogen and oxygen atoms in total. The maximum atomic E-state index is 12.9. The summed E-state index contributed by atoms with van der Waals surface area (Å²) in [4.78, 5) is 28.5. The van der Waals surface area contributed by atoms with E-state index < -0.39 is 11.9 Å². The minimum Gasteiger partial charge on any atom is -0.478 e. The van der Waals surface area contributed by atoms with Gasteiger partial charge in [0.25, 0.3) is 0 Å². The number of rotatable bonds is 6. The van der Waals surface area contributed by atoms with Gasteiger partial charge in [-0.1, -0.05) is 52.3 Å². The molecule has 26 heavy (non-hydrogen) atoms. The minimum atomic E-state index is -1.02. The van der Waals surface area contributed by atoms with Crippen molar-refractivity contribution in [1.82, 2.24) is 4.98 Å². The molecule has 0 fully saturated rings. The summed E-state index contributed by atoms with van der Waals surface area (Å²) in [6, 6.07) is 14.4. The lowest BCUT2D eigenvalue weighted by Crippen LogP contribution is -2.23. The van der Waals surface area contributed by atoms with Crippen LogP contribution in [0, 0.1) is 0 Å². The number of hydrogen-bond acceptors (Lipinski definition) is 4. The summed E-state index contributed by atoms with van der Waals surface area (Å²) in [5.74, 6) is -1.77. The number of anilines is 1. The van der Waals surface area contributed by atoms with E-state index in [1.165, 1.54) is 11.3 Å². The number of nitrogens with one attached hydrogen (secondary N) is 1. The zero-order valence-electron chi connectivity index (χ0n) is 13.6. The number of carboxylic acids is 1. The van der Waals surface area contributed by atoms with Crippen molar-refractivity contribution in [3.63, 3.8) is 0 Å². The summed E-state index contributed by atoms with van der Waals surface area (Å²) in [5.41, 5.74) is 1.60. The molecular formula is C19H15BrN2O3S. The molecule has 0 aliphatic carbocycles. The van der Waals surface area contributed by atoms with Gasteiger partial charge in [0, 0.05) is 16.0 Å². The average molecular weight is 431 g/mol. The molecule has 0 radical (unpaired) electrons. The van der Waals surface area contributed by atoms with Gasteiger partial charge in [0.05, 0.1) is 11.5 Å². The number of aromatic carboxylic acids is 1. The maximum absolute atomic E-state index is 12.9. The lowest BCUT2D eigenvalue weighted by molar-refractivity contribution is -0.117. The summed E-state index contributed by atoms with van der Waals surface area (Å²) in [5, 5.41) is 14.6. The number of nitrogens with zero attached hydrogens (tertiary/aromatic N) is 1. The molecule has 0 spiro atoms. The van der Waals surface area contributed by atoms with Crippen LogP contribution in [0.5, 0.6) is 0 Å². The molecule has 2 N–H and O–H groups in total. The fourth-order valence-corrected chi connectivity index (χ4v) is 3.56. The molecule has 1 amide bonds. The van der Waals surface area contributed by atoms with Crippen molar-refractivity contribution in [2.45, 2.75) is 12.3 Å². The molecule has 1 unspecified atom stereocenters. The van der Waals surface area contributed by atoms with Gasteiger partial charge >= 0.3 is 5.97 Å². The highest BCUT2D eigenvalue weighted by atomic mass is 79.9. The van der Waals surface area contributed by atoms with E-state index in [9.17, 15) is 14.7 Å². The Morgan fingerprint density at radius 1 is 1.19 bits per heavy atom. The number of benzene rings is 2. The summed E-state index contributed by atoms with van der Waals surface area (Å²) in [6.07, 6.45) is 1.89. The first-order valence-electron chi connectivity index (χ1n) is 7.81. The van der Waals surface area contributed by atoms with Crippen LogP contribution >= 0.6 is 27.3 Å². The second kappa shape index (κ2) is 8.25. The highest BCUT2D eigenvalue weighted by molar-refractivity contribution is 9.10. The zero-order chi connectivity index (χ0) is 18.5. The van der Waals surface area contributed by atoms with E-state index in [1.807, 2.05) is 30.3 Å². The number of halogens is 1. The standard InChI is InChI=1S/C19H15BrN2O3S/c20-14-7-6-13(16(11-14)18(24)25)10-15(12-4-2-1-3-5-12)17(23)22-19-21-8-9-26-19/h1-9,11,15H,10H2,(H,24,25)(H,21,22,23). The third kappa shape index (κ3) is 4.36. The molecule has 7 heteroatoms. The van der Waals surface area contributed by atoms with Crippen LogP contribution in [0.2, 0.25) is 0 Å². The zero-order valence-corrected chi connectivity index (χ0v) is 16.0. The number of carbonyl (C=O) groups is 2. The summed E-state index contributed by atoms with van der Waals surface area (Å²) in [6.45, 7) is 0. The van der Waals surface area contributed by atoms with Gasteiger partial charge in [-0.25, -0.2) is 9.78 Å². The Balaban J connectivity index is 1.94. The highest BCUT2D eigenvalue weighted by Crippen LogP contribution is 2.27. The number of carboxylic acid groups (broad SMARTS) is 1.